The molecule has 30 heavy (non-hydrogen) atoms. The second kappa shape index (κ2) is 10.4. The van der Waals surface area contributed by atoms with E-state index < -0.39 is 0 Å². The molecule has 0 radical (unpaired) electrons. The lowest BCUT2D eigenvalue weighted by Crippen LogP contribution is -2.52. The number of carbonyl (C=O) groups excluding carboxylic acids is 1. The minimum Gasteiger partial charge on any atom is -0.491 e. The number of amides is 2. The Bertz CT molecular complexity index is 864. The summed E-state index contributed by atoms with van der Waals surface area (Å²) in [6.07, 6.45) is 1.78. The molecule has 0 unspecified atom stereocenters. The number of likely N-dealkylation sites (tertiary alicyclic amines) is 1. The molecule has 7 heteroatoms. The summed E-state index contributed by atoms with van der Waals surface area (Å²) in [4.78, 5) is 16.7. The molecule has 5 nitrogen and oxygen atoms in total. The Balaban J connectivity index is 1.69. The predicted octanol–water partition coefficient (Wildman–Crippen LogP) is 5.18. The van der Waals surface area contributed by atoms with Crippen molar-refractivity contribution in [3.63, 3.8) is 0 Å². The number of halogens is 2. The third-order valence-electron chi connectivity index (χ3n) is 5.15. The van der Waals surface area contributed by atoms with Crippen LogP contribution in [-0.4, -0.2) is 40.7 Å². The van der Waals surface area contributed by atoms with Gasteiger partial charge in [0.25, 0.3) is 0 Å². The number of hydrogen-bond acceptors (Lipinski definition) is 3. The number of hydrogen-bond donors (Lipinski definition) is 1. The van der Waals surface area contributed by atoms with Crippen LogP contribution < -0.4 is 15.0 Å². The zero-order valence-electron chi connectivity index (χ0n) is 17.6. The monoisotopic (exact) mass is 525 g/mol. The molecule has 0 saturated carbocycles. The van der Waals surface area contributed by atoms with E-state index in [9.17, 15) is 9.18 Å². The number of carbonyl (C=O) groups is 1. The summed E-state index contributed by atoms with van der Waals surface area (Å²) >= 11 is 2.45. The minimum atomic E-state index is -0.339. The van der Waals surface area contributed by atoms with Crippen molar-refractivity contribution < 1.29 is 13.9 Å². The van der Waals surface area contributed by atoms with E-state index in [2.05, 4.69) is 44.9 Å². The summed E-state index contributed by atoms with van der Waals surface area (Å²) in [5.74, 6) is 0.549. The Hall–Kier alpha value is -1.87. The quantitative estimate of drug-likeness (QED) is 0.321. The molecular weight excluding hydrogens is 496 g/mol. The first-order valence-electron chi connectivity index (χ1n) is 10.3. The van der Waals surface area contributed by atoms with Gasteiger partial charge in [-0.25, -0.2) is 9.18 Å². The average molecular weight is 525 g/mol. The molecule has 1 fully saturated rings. The molecule has 162 valence electrons. The first kappa shape index (κ1) is 22.8. The van der Waals surface area contributed by atoms with Crippen molar-refractivity contribution in [2.45, 2.75) is 49.4 Å². The summed E-state index contributed by atoms with van der Waals surface area (Å²) in [7, 11) is 1.61. The van der Waals surface area contributed by atoms with Gasteiger partial charge in [-0.1, -0.05) is 40.8 Å². The molecule has 0 bridgehead atoms. The van der Waals surface area contributed by atoms with Gasteiger partial charge in [-0.05, 0) is 62.6 Å². The molecule has 1 saturated heterocycles. The van der Waals surface area contributed by atoms with Crippen LogP contribution in [0.3, 0.4) is 0 Å². The highest BCUT2D eigenvalue weighted by Crippen LogP contribution is 2.31. The summed E-state index contributed by atoms with van der Waals surface area (Å²) in [5.41, 5.74) is 1.80. The highest BCUT2D eigenvalue weighted by Gasteiger charge is 2.33. The van der Waals surface area contributed by atoms with Gasteiger partial charge < -0.3 is 10.1 Å². The fourth-order valence-corrected chi connectivity index (χ4v) is 4.89. The maximum absolute atomic E-state index is 13.8. The topological polar surface area (TPSA) is 44.8 Å². The third kappa shape index (κ3) is 5.85. The van der Waals surface area contributed by atoms with Crippen LogP contribution in [-0.2, 0) is 6.54 Å². The fourth-order valence-electron chi connectivity index (χ4n) is 3.82. The summed E-state index contributed by atoms with van der Waals surface area (Å²) < 4.78 is 19.9. The predicted molar refractivity (Wildman–Crippen MR) is 127 cm³/mol. The molecule has 1 aliphatic rings. The highest BCUT2D eigenvalue weighted by atomic mass is 127. The van der Waals surface area contributed by atoms with Crippen molar-refractivity contribution in [2.75, 3.05) is 18.5 Å². The van der Waals surface area contributed by atoms with E-state index in [1.807, 2.05) is 26.0 Å². The van der Waals surface area contributed by atoms with E-state index in [1.165, 1.54) is 17.7 Å². The van der Waals surface area contributed by atoms with Crippen molar-refractivity contribution >= 4 is 34.3 Å². The van der Waals surface area contributed by atoms with Crippen LogP contribution in [0.15, 0.2) is 48.5 Å². The van der Waals surface area contributed by atoms with Gasteiger partial charge in [0.2, 0.25) is 0 Å². The van der Waals surface area contributed by atoms with E-state index in [0.29, 0.717) is 5.69 Å². The Morgan fingerprint density at radius 1 is 1.30 bits per heavy atom. The lowest BCUT2D eigenvalue weighted by molar-refractivity contribution is 0.187. The minimum absolute atomic E-state index is 0.0144. The molecular formula is C23H29FIN3O2. The number of nitrogens with one attached hydrogen (secondary N) is 1. The molecule has 0 spiro atoms. The smallest absolute Gasteiger partial charge is 0.321 e. The SMILES string of the molecule is CNC(=O)N(c1cccc(F)c1)[C@@H]1CCN(Cc2cccc(OC(C)C)c2)[C@@H](I)C1. The van der Waals surface area contributed by atoms with Gasteiger partial charge in [-0.15, -0.1) is 0 Å². The van der Waals surface area contributed by atoms with Crippen molar-refractivity contribution in [3.05, 3.63) is 59.9 Å². The lowest BCUT2D eigenvalue weighted by atomic mass is 10.0. The molecule has 0 aromatic heterocycles. The first-order chi connectivity index (χ1) is 14.4. The lowest BCUT2D eigenvalue weighted by Gasteiger charge is -2.41. The van der Waals surface area contributed by atoms with Gasteiger partial charge in [0.05, 0.1) is 10.2 Å². The molecule has 2 aromatic rings. The standard InChI is InChI=1S/C23H29FIN3O2/c1-16(2)30-21-9-4-6-17(12-21)15-27-11-10-20(14-22(27)25)28(23(29)26-3)19-8-5-7-18(24)13-19/h4-9,12-13,16,20,22H,10-11,14-15H2,1-3H3,(H,26,29)/t20-,22-/m1/s1. The summed E-state index contributed by atoms with van der Waals surface area (Å²) in [6.45, 7) is 5.73. The Morgan fingerprint density at radius 3 is 2.73 bits per heavy atom. The van der Waals surface area contributed by atoms with Gasteiger partial charge in [0.15, 0.2) is 0 Å². The number of alkyl halides is 1. The molecule has 1 heterocycles. The van der Waals surface area contributed by atoms with Crippen LogP contribution in [0.2, 0.25) is 0 Å². The Morgan fingerprint density at radius 2 is 2.07 bits per heavy atom. The summed E-state index contributed by atoms with van der Waals surface area (Å²) in [5, 5.41) is 2.70. The zero-order valence-corrected chi connectivity index (χ0v) is 19.8. The number of piperidine rings is 1. The van der Waals surface area contributed by atoms with Gasteiger partial charge >= 0.3 is 6.03 Å². The molecule has 0 aliphatic carbocycles. The number of anilines is 1. The number of benzene rings is 2. The van der Waals surface area contributed by atoms with E-state index >= 15 is 0 Å². The highest BCUT2D eigenvalue weighted by molar-refractivity contribution is 14.1. The van der Waals surface area contributed by atoms with Crippen molar-refractivity contribution in [2.24, 2.45) is 0 Å². The van der Waals surface area contributed by atoms with Crippen LogP contribution in [0.1, 0.15) is 32.3 Å². The normalized spacial score (nSPS) is 19.5. The van der Waals surface area contributed by atoms with Crippen molar-refractivity contribution in [3.8, 4) is 5.75 Å². The Labute approximate surface area is 191 Å². The second-order valence-corrected chi connectivity index (χ2v) is 9.24. The summed E-state index contributed by atoms with van der Waals surface area (Å²) in [6, 6.07) is 14.3. The maximum Gasteiger partial charge on any atom is 0.321 e. The van der Waals surface area contributed by atoms with E-state index in [-0.39, 0.29) is 28.0 Å². The van der Waals surface area contributed by atoms with E-state index in [1.54, 1.807) is 24.1 Å². The Kier molecular flexibility index (Phi) is 7.93. The number of nitrogens with zero attached hydrogens (tertiary/aromatic N) is 2. The molecule has 1 N–H and O–H groups in total. The number of rotatable bonds is 6. The van der Waals surface area contributed by atoms with Crippen LogP contribution in [0.5, 0.6) is 5.75 Å². The van der Waals surface area contributed by atoms with Crippen molar-refractivity contribution in [1.82, 2.24) is 10.2 Å². The third-order valence-corrected chi connectivity index (χ3v) is 6.45. The van der Waals surface area contributed by atoms with Gasteiger partial charge in [0.1, 0.15) is 11.6 Å². The van der Waals surface area contributed by atoms with Gasteiger partial charge in [-0.2, -0.15) is 0 Å². The van der Waals surface area contributed by atoms with Crippen LogP contribution >= 0.6 is 22.6 Å². The molecule has 3 rings (SSSR count). The maximum atomic E-state index is 13.8. The molecule has 1 aliphatic heterocycles. The fraction of sp³-hybridized carbons (Fsp3) is 0.435. The molecule has 2 aromatic carbocycles. The zero-order chi connectivity index (χ0) is 21.7. The van der Waals surface area contributed by atoms with E-state index in [0.717, 1.165) is 31.7 Å². The van der Waals surface area contributed by atoms with Gasteiger partial charge in [0, 0.05) is 31.9 Å². The number of urea groups is 1. The van der Waals surface area contributed by atoms with E-state index in [4.69, 9.17) is 4.74 Å². The first-order valence-corrected chi connectivity index (χ1v) is 11.5. The van der Waals surface area contributed by atoms with Crippen molar-refractivity contribution in [1.29, 1.82) is 0 Å². The van der Waals surface area contributed by atoms with Crippen LogP contribution in [0.25, 0.3) is 0 Å². The van der Waals surface area contributed by atoms with Crippen LogP contribution in [0, 0.1) is 5.82 Å². The average Bonchev–Trinajstić information content (AvgIpc) is 2.70. The molecule has 2 amide bonds. The molecule has 2 atom stereocenters. The largest absolute Gasteiger partial charge is 0.491 e. The second-order valence-electron chi connectivity index (χ2n) is 7.80. The number of ether oxygens (including phenoxy) is 1. The van der Waals surface area contributed by atoms with Crippen LogP contribution in [0.4, 0.5) is 14.9 Å². The van der Waals surface area contributed by atoms with Gasteiger partial charge in [-0.3, -0.25) is 9.80 Å².